The zero-order chi connectivity index (χ0) is 13.8. The number of hydrogen-bond acceptors (Lipinski definition) is 3. The van der Waals surface area contributed by atoms with Crippen molar-refractivity contribution < 1.29 is 18.7 Å². The molecule has 96 valence electrons. The van der Waals surface area contributed by atoms with Gasteiger partial charge < -0.3 is 4.74 Å². The van der Waals surface area contributed by atoms with Crippen LogP contribution in [0.4, 0.5) is 4.39 Å². The number of ether oxygens (including phenoxy) is 1. The first-order chi connectivity index (χ1) is 9.11. The van der Waals surface area contributed by atoms with E-state index in [0.29, 0.717) is 0 Å². The predicted molar refractivity (Wildman–Crippen MR) is 68.2 cm³/mol. The standard InChI is InChI=1S/C15H11FO3/c1-19-15(18)14(17)12-4-2-3-11(9-12)10-5-7-13(16)8-6-10/h2-9H,1H3. The summed E-state index contributed by atoms with van der Waals surface area (Å²) in [5.41, 5.74) is 1.74. The molecule has 4 heteroatoms. The Labute approximate surface area is 109 Å². The Bertz CT molecular complexity index is 618. The average molecular weight is 258 g/mol. The van der Waals surface area contributed by atoms with Gasteiger partial charge in [-0.25, -0.2) is 9.18 Å². The summed E-state index contributed by atoms with van der Waals surface area (Å²) in [7, 11) is 1.16. The normalized spacial score (nSPS) is 10.0. The van der Waals surface area contributed by atoms with Crippen molar-refractivity contribution in [2.24, 2.45) is 0 Å². The monoisotopic (exact) mass is 258 g/mol. The van der Waals surface area contributed by atoms with E-state index in [4.69, 9.17) is 0 Å². The number of rotatable bonds is 3. The largest absolute Gasteiger partial charge is 0.463 e. The van der Waals surface area contributed by atoms with Crippen LogP contribution in [0.3, 0.4) is 0 Å². The van der Waals surface area contributed by atoms with Crippen molar-refractivity contribution in [3.63, 3.8) is 0 Å². The zero-order valence-corrected chi connectivity index (χ0v) is 10.2. The van der Waals surface area contributed by atoms with Crippen LogP contribution in [0.15, 0.2) is 48.5 Å². The molecule has 3 nitrogen and oxygen atoms in total. The first-order valence-corrected chi connectivity index (χ1v) is 5.60. The summed E-state index contributed by atoms with van der Waals surface area (Å²) >= 11 is 0. The molecular formula is C15H11FO3. The van der Waals surface area contributed by atoms with Crippen molar-refractivity contribution in [3.8, 4) is 11.1 Å². The molecule has 0 spiro atoms. The van der Waals surface area contributed by atoms with Crippen molar-refractivity contribution in [2.45, 2.75) is 0 Å². The van der Waals surface area contributed by atoms with Crippen molar-refractivity contribution >= 4 is 11.8 Å². The fraction of sp³-hybridized carbons (Fsp3) is 0.0667. The molecule has 0 unspecified atom stereocenters. The summed E-state index contributed by atoms with van der Waals surface area (Å²) in [4.78, 5) is 22.9. The number of Topliss-reactive ketones (excluding diaryl/α,β-unsaturated/α-hetero) is 1. The average Bonchev–Trinajstić information content (AvgIpc) is 2.46. The molecular weight excluding hydrogens is 247 g/mol. The fourth-order valence-electron chi connectivity index (χ4n) is 1.69. The molecule has 0 radical (unpaired) electrons. The van der Waals surface area contributed by atoms with Gasteiger partial charge in [0.25, 0.3) is 5.78 Å². The first-order valence-electron chi connectivity index (χ1n) is 5.60. The van der Waals surface area contributed by atoms with Crippen LogP contribution in [0.5, 0.6) is 0 Å². The molecule has 0 fully saturated rings. The molecule has 0 aromatic heterocycles. The zero-order valence-electron chi connectivity index (χ0n) is 10.2. The highest BCUT2D eigenvalue weighted by Crippen LogP contribution is 2.21. The highest BCUT2D eigenvalue weighted by molar-refractivity contribution is 6.40. The quantitative estimate of drug-likeness (QED) is 0.483. The molecule has 0 saturated carbocycles. The van der Waals surface area contributed by atoms with E-state index in [1.54, 1.807) is 30.3 Å². The van der Waals surface area contributed by atoms with Gasteiger partial charge in [0, 0.05) is 5.56 Å². The number of benzene rings is 2. The van der Waals surface area contributed by atoms with Gasteiger partial charge >= 0.3 is 5.97 Å². The van der Waals surface area contributed by atoms with Crippen LogP contribution in [-0.2, 0) is 9.53 Å². The van der Waals surface area contributed by atoms with E-state index < -0.39 is 11.8 Å². The lowest BCUT2D eigenvalue weighted by molar-refractivity contribution is -0.135. The molecule has 0 aliphatic carbocycles. The second kappa shape index (κ2) is 5.44. The summed E-state index contributed by atoms with van der Waals surface area (Å²) in [5.74, 6) is -1.94. The van der Waals surface area contributed by atoms with E-state index in [1.807, 2.05) is 0 Å². The molecule has 0 saturated heterocycles. The summed E-state index contributed by atoms with van der Waals surface area (Å²) in [5, 5.41) is 0. The number of hydrogen-bond donors (Lipinski definition) is 0. The maximum Gasteiger partial charge on any atom is 0.379 e. The van der Waals surface area contributed by atoms with Crippen LogP contribution in [-0.4, -0.2) is 18.9 Å². The van der Waals surface area contributed by atoms with Gasteiger partial charge in [0.1, 0.15) is 5.82 Å². The summed E-state index contributed by atoms with van der Waals surface area (Å²) in [6.45, 7) is 0. The molecule has 0 amide bonds. The van der Waals surface area contributed by atoms with Crippen molar-refractivity contribution in [2.75, 3.05) is 7.11 Å². The Kier molecular flexibility index (Phi) is 3.71. The second-order valence-electron chi connectivity index (χ2n) is 3.91. The predicted octanol–water partition coefficient (Wildman–Crippen LogP) is 2.85. The Hall–Kier alpha value is -2.49. The minimum absolute atomic E-state index is 0.244. The van der Waals surface area contributed by atoms with E-state index in [0.717, 1.165) is 18.2 Å². The summed E-state index contributed by atoms with van der Waals surface area (Å²) in [6, 6.07) is 12.4. The maximum atomic E-state index is 12.8. The molecule has 0 heterocycles. The Balaban J connectivity index is 2.37. The third kappa shape index (κ3) is 2.85. The Morgan fingerprint density at radius 3 is 2.32 bits per heavy atom. The van der Waals surface area contributed by atoms with Gasteiger partial charge in [-0.1, -0.05) is 30.3 Å². The number of carbonyl (C=O) groups excluding carboxylic acids is 2. The topological polar surface area (TPSA) is 43.4 Å². The molecule has 2 aromatic carbocycles. The van der Waals surface area contributed by atoms with Crippen LogP contribution in [0.25, 0.3) is 11.1 Å². The van der Waals surface area contributed by atoms with Gasteiger partial charge in [0.15, 0.2) is 0 Å². The lowest BCUT2D eigenvalue weighted by atomic mass is 10.0. The van der Waals surface area contributed by atoms with E-state index in [9.17, 15) is 14.0 Å². The van der Waals surface area contributed by atoms with E-state index in [2.05, 4.69) is 4.74 Å². The number of ketones is 1. The molecule has 2 rings (SSSR count). The number of halogens is 1. The van der Waals surface area contributed by atoms with Crippen LogP contribution in [0, 0.1) is 5.82 Å². The van der Waals surface area contributed by atoms with Crippen LogP contribution in [0.1, 0.15) is 10.4 Å². The van der Waals surface area contributed by atoms with Crippen LogP contribution < -0.4 is 0 Å². The minimum atomic E-state index is -0.906. The third-order valence-electron chi connectivity index (χ3n) is 2.67. The molecule has 0 aliphatic rings. The van der Waals surface area contributed by atoms with Crippen molar-refractivity contribution in [1.29, 1.82) is 0 Å². The summed E-state index contributed by atoms with van der Waals surface area (Å²) in [6.07, 6.45) is 0. The third-order valence-corrected chi connectivity index (χ3v) is 2.67. The highest BCUT2D eigenvalue weighted by Gasteiger charge is 2.16. The smallest absolute Gasteiger partial charge is 0.379 e. The van der Waals surface area contributed by atoms with Gasteiger partial charge in [0.05, 0.1) is 7.11 Å². The fourth-order valence-corrected chi connectivity index (χ4v) is 1.69. The second-order valence-corrected chi connectivity index (χ2v) is 3.91. The summed E-state index contributed by atoms with van der Waals surface area (Å²) < 4.78 is 17.2. The first kappa shape index (κ1) is 13.0. The van der Waals surface area contributed by atoms with Gasteiger partial charge in [-0.3, -0.25) is 4.79 Å². The van der Waals surface area contributed by atoms with Crippen molar-refractivity contribution in [3.05, 3.63) is 59.9 Å². The van der Waals surface area contributed by atoms with E-state index in [-0.39, 0.29) is 11.4 Å². The number of methoxy groups -OCH3 is 1. The molecule has 0 bridgehead atoms. The van der Waals surface area contributed by atoms with Gasteiger partial charge in [-0.2, -0.15) is 0 Å². The van der Waals surface area contributed by atoms with Crippen molar-refractivity contribution in [1.82, 2.24) is 0 Å². The molecule has 2 aromatic rings. The van der Waals surface area contributed by atoms with E-state index >= 15 is 0 Å². The number of esters is 1. The molecule has 0 N–H and O–H groups in total. The van der Waals surface area contributed by atoms with Gasteiger partial charge in [-0.15, -0.1) is 0 Å². The van der Waals surface area contributed by atoms with Gasteiger partial charge in [0.2, 0.25) is 0 Å². The molecule has 0 aliphatic heterocycles. The molecule has 19 heavy (non-hydrogen) atoms. The van der Waals surface area contributed by atoms with Gasteiger partial charge in [-0.05, 0) is 29.3 Å². The Morgan fingerprint density at radius 1 is 1.00 bits per heavy atom. The minimum Gasteiger partial charge on any atom is -0.463 e. The Morgan fingerprint density at radius 2 is 1.68 bits per heavy atom. The SMILES string of the molecule is COC(=O)C(=O)c1cccc(-c2ccc(F)cc2)c1. The molecule has 0 atom stereocenters. The lowest BCUT2D eigenvalue weighted by Crippen LogP contribution is -2.15. The maximum absolute atomic E-state index is 12.8. The van der Waals surface area contributed by atoms with Crippen LogP contribution >= 0.6 is 0 Å². The van der Waals surface area contributed by atoms with Crippen LogP contribution in [0.2, 0.25) is 0 Å². The highest BCUT2D eigenvalue weighted by atomic mass is 19.1. The number of carbonyl (C=O) groups is 2. The lowest BCUT2D eigenvalue weighted by Gasteiger charge is -2.04. The van der Waals surface area contributed by atoms with E-state index in [1.165, 1.54) is 18.2 Å².